The number of aliphatic hydroxyl groups excluding tert-OH is 3. The molecule has 1 rings (SSSR count). The number of aliphatic hydroxyl groups is 3. The molecule has 8 heteroatoms. The van der Waals surface area contributed by atoms with Crippen LogP contribution in [-0.2, 0) is 4.74 Å². The molecule has 81 valence electrons. The molecular formula is C7H13Ac3BrO4. The molecule has 15 heavy (non-hydrogen) atoms. The van der Waals surface area contributed by atoms with Crippen LogP contribution in [0.3, 0.4) is 0 Å². The van der Waals surface area contributed by atoms with Crippen molar-refractivity contribution < 1.29 is 152 Å². The van der Waals surface area contributed by atoms with Gasteiger partial charge in [0.25, 0.3) is 0 Å². The van der Waals surface area contributed by atoms with Gasteiger partial charge in [0, 0.05) is 138 Å². The van der Waals surface area contributed by atoms with Gasteiger partial charge in [0.1, 0.15) is 18.3 Å². The molecule has 1 heterocycles. The van der Waals surface area contributed by atoms with Crippen molar-refractivity contribution in [1.29, 1.82) is 0 Å². The molecule has 1 aliphatic rings. The number of halogens is 1. The fourth-order valence-corrected chi connectivity index (χ4v) is 1.80. The molecule has 3 radical (unpaired) electrons. The summed E-state index contributed by atoms with van der Waals surface area (Å²) in [5.41, 5.74) is 0. The summed E-state index contributed by atoms with van der Waals surface area (Å²) in [4.78, 5) is 0. The van der Waals surface area contributed by atoms with E-state index in [4.69, 9.17) is 4.74 Å². The van der Waals surface area contributed by atoms with Gasteiger partial charge in [0.15, 0.2) is 0 Å². The third kappa shape index (κ3) is 7.28. The van der Waals surface area contributed by atoms with E-state index in [2.05, 4.69) is 15.9 Å². The van der Waals surface area contributed by atoms with Gasteiger partial charge in [-0.1, -0.05) is 15.9 Å². The SMILES string of the molecule is CC1OC(CBr)C(O)C(O)C1O.[Ac].[Ac].[Ac]. The van der Waals surface area contributed by atoms with Crippen LogP contribution in [0.5, 0.6) is 0 Å². The summed E-state index contributed by atoms with van der Waals surface area (Å²) in [5.74, 6) is 0. The molecule has 4 nitrogen and oxygen atoms in total. The Balaban J connectivity index is -0.000000480. The molecule has 0 aliphatic carbocycles. The zero-order valence-corrected chi connectivity index (χ0v) is 24.3. The Morgan fingerprint density at radius 3 is 1.87 bits per heavy atom. The van der Waals surface area contributed by atoms with Crippen LogP contribution in [-0.4, -0.2) is 51.2 Å². The van der Waals surface area contributed by atoms with E-state index in [1.165, 1.54) is 0 Å². The van der Waals surface area contributed by atoms with Crippen molar-refractivity contribution in [3.8, 4) is 0 Å². The van der Waals surface area contributed by atoms with E-state index in [0.29, 0.717) is 5.33 Å². The predicted octanol–water partition coefficient (Wildman–Crippen LogP) is -0.749. The first-order chi connectivity index (χ1) is 5.57. The third-order valence-electron chi connectivity index (χ3n) is 2.10. The minimum Gasteiger partial charge on any atom is -0.388 e. The smallest absolute Gasteiger partial charge is 0.111 e. The Hall–Kier alpha value is 4.64. The van der Waals surface area contributed by atoms with Crippen LogP contribution >= 0.6 is 15.9 Å². The third-order valence-corrected chi connectivity index (χ3v) is 2.74. The van der Waals surface area contributed by atoms with Crippen molar-refractivity contribution >= 4 is 15.9 Å². The van der Waals surface area contributed by atoms with Crippen LogP contribution in [0.25, 0.3) is 0 Å². The van der Waals surface area contributed by atoms with E-state index < -0.39 is 30.5 Å². The van der Waals surface area contributed by atoms with E-state index >= 15 is 0 Å². The molecule has 1 saturated heterocycles. The molecule has 3 N–H and O–H groups in total. The van der Waals surface area contributed by atoms with Crippen LogP contribution in [0.1, 0.15) is 6.92 Å². The Labute approximate surface area is 205 Å². The molecule has 0 spiro atoms. The number of alkyl halides is 1. The molecule has 0 saturated carbocycles. The standard InChI is InChI=1S/C7H13BrO4.3Ac/c1-3-5(9)7(11)6(10)4(2-8)12-3;;;/h3-7,9-11H,2H2,1H3;;;. The first-order valence-electron chi connectivity index (χ1n) is 3.83. The molecule has 0 amide bonds. The summed E-state index contributed by atoms with van der Waals surface area (Å²) in [6, 6.07) is 0. The quantitative estimate of drug-likeness (QED) is 0.304. The van der Waals surface area contributed by atoms with Gasteiger partial charge in [-0.15, -0.1) is 0 Å². The number of rotatable bonds is 1. The monoisotopic (exact) mass is 921 g/mol. The number of hydrogen-bond acceptors (Lipinski definition) is 4. The second-order valence-corrected chi connectivity index (χ2v) is 3.65. The maximum atomic E-state index is 9.36. The van der Waals surface area contributed by atoms with E-state index in [0.717, 1.165) is 0 Å². The summed E-state index contributed by atoms with van der Waals surface area (Å²) in [7, 11) is 0. The van der Waals surface area contributed by atoms with Crippen LogP contribution in [0.2, 0.25) is 0 Å². The summed E-state index contributed by atoms with van der Waals surface area (Å²) in [6.07, 6.45) is -4.02. The number of hydrogen-bond donors (Lipinski definition) is 3. The average Bonchev–Trinajstić information content (AvgIpc) is 2.08. The molecule has 5 atom stereocenters. The Morgan fingerprint density at radius 1 is 1.00 bits per heavy atom. The molecule has 0 bridgehead atoms. The first-order valence-corrected chi connectivity index (χ1v) is 4.95. The van der Waals surface area contributed by atoms with Gasteiger partial charge in [0.05, 0.1) is 12.2 Å². The minimum absolute atomic E-state index is 0. The fourth-order valence-electron chi connectivity index (χ4n) is 1.26. The van der Waals surface area contributed by atoms with Crippen molar-refractivity contribution in [2.45, 2.75) is 37.4 Å². The second kappa shape index (κ2) is 12.4. The van der Waals surface area contributed by atoms with E-state index in [1.807, 2.05) is 0 Å². The van der Waals surface area contributed by atoms with E-state index in [9.17, 15) is 15.3 Å². The largest absolute Gasteiger partial charge is 0.388 e. The van der Waals surface area contributed by atoms with Gasteiger partial charge >= 0.3 is 0 Å². The second-order valence-electron chi connectivity index (χ2n) is 3.01. The Morgan fingerprint density at radius 2 is 1.47 bits per heavy atom. The van der Waals surface area contributed by atoms with Crippen LogP contribution in [0.4, 0.5) is 0 Å². The summed E-state index contributed by atoms with van der Waals surface area (Å²) in [5, 5.41) is 28.4. The van der Waals surface area contributed by atoms with Gasteiger partial charge < -0.3 is 20.1 Å². The first kappa shape index (κ1) is 24.6. The molecule has 1 aliphatic heterocycles. The van der Waals surface area contributed by atoms with Crippen molar-refractivity contribution in [3.05, 3.63) is 0 Å². The topological polar surface area (TPSA) is 69.9 Å². The van der Waals surface area contributed by atoms with Gasteiger partial charge in [-0.2, -0.15) is 0 Å². The zero-order chi connectivity index (χ0) is 9.30. The van der Waals surface area contributed by atoms with Gasteiger partial charge in [-0.05, 0) is 6.92 Å². The fraction of sp³-hybridized carbons (Fsp3) is 1.00. The molecule has 0 aromatic heterocycles. The zero-order valence-electron chi connectivity index (χ0n) is 8.45. The maximum Gasteiger partial charge on any atom is 0.111 e. The van der Waals surface area contributed by atoms with Crippen molar-refractivity contribution in [2.75, 3.05) is 5.33 Å². The Bertz CT molecular complexity index is 160. The Kier molecular flexibility index (Phi) is 20.4. The maximum absolute atomic E-state index is 9.36. The van der Waals surface area contributed by atoms with Gasteiger partial charge in [-0.3, -0.25) is 0 Å². The van der Waals surface area contributed by atoms with E-state index in [1.54, 1.807) is 6.92 Å². The van der Waals surface area contributed by atoms with Crippen molar-refractivity contribution in [2.24, 2.45) is 0 Å². The van der Waals surface area contributed by atoms with Crippen molar-refractivity contribution in [3.63, 3.8) is 0 Å². The predicted molar refractivity (Wildman–Crippen MR) is 46.1 cm³/mol. The van der Waals surface area contributed by atoms with Gasteiger partial charge in [0.2, 0.25) is 0 Å². The van der Waals surface area contributed by atoms with Crippen LogP contribution in [0, 0.1) is 132 Å². The van der Waals surface area contributed by atoms with Crippen LogP contribution in [0.15, 0.2) is 0 Å². The molecular weight excluding hydrogens is 909 g/mol. The van der Waals surface area contributed by atoms with Crippen molar-refractivity contribution in [1.82, 2.24) is 0 Å². The normalized spacial score (nSPS) is 39.4. The van der Waals surface area contributed by atoms with Crippen LogP contribution < -0.4 is 0 Å². The number of ether oxygens (including phenoxy) is 1. The van der Waals surface area contributed by atoms with E-state index in [-0.39, 0.29) is 132 Å². The summed E-state index contributed by atoms with van der Waals surface area (Å²) < 4.78 is 5.22. The summed E-state index contributed by atoms with van der Waals surface area (Å²) in [6.45, 7) is 1.66. The molecule has 5 unspecified atom stereocenters. The molecule has 0 aromatic carbocycles. The molecule has 0 aromatic rings. The van der Waals surface area contributed by atoms with Gasteiger partial charge in [-0.25, -0.2) is 0 Å². The molecule has 1 fully saturated rings. The minimum atomic E-state index is -1.11. The average molecular weight is 922 g/mol. The summed E-state index contributed by atoms with van der Waals surface area (Å²) >= 11 is 3.15.